The third kappa shape index (κ3) is 5.87. The van der Waals surface area contributed by atoms with Gasteiger partial charge in [0.15, 0.2) is 12.4 Å². The van der Waals surface area contributed by atoms with Gasteiger partial charge in [0, 0.05) is 31.8 Å². The summed E-state index contributed by atoms with van der Waals surface area (Å²) in [6.45, 7) is 0. The van der Waals surface area contributed by atoms with Crippen molar-refractivity contribution in [3.05, 3.63) is 21.8 Å². The smallest absolute Gasteiger partial charge is 0.258 e. The monoisotopic (exact) mass is 789 g/mol. The van der Waals surface area contributed by atoms with Crippen LogP contribution in [0.15, 0.2) is 0 Å². The lowest BCUT2D eigenvalue weighted by atomic mass is 10.0. The average Bonchev–Trinajstić information content (AvgIpc) is 2.75. The molecule has 14 heteroatoms. The summed E-state index contributed by atoms with van der Waals surface area (Å²) in [6.07, 6.45) is -8.56. The van der Waals surface area contributed by atoms with Crippen molar-refractivity contribution in [2.24, 2.45) is 0 Å². The maximum absolute atomic E-state index is 12.9. The zero-order chi connectivity index (χ0) is 25.1. The van der Waals surface area contributed by atoms with Gasteiger partial charge in [0.05, 0.1) is 24.0 Å². The van der Waals surface area contributed by atoms with Crippen molar-refractivity contribution in [2.75, 3.05) is 33.1 Å². The molecule has 0 unspecified atom stereocenters. The van der Waals surface area contributed by atoms with Crippen LogP contribution in [0.2, 0.25) is 0 Å². The molecule has 0 aliphatic carbocycles. The van der Waals surface area contributed by atoms with Crippen LogP contribution in [0.5, 0.6) is 0 Å². The minimum Gasteiger partial charge on any atom is -0.387 e. The van der Waals surface area contributed by atoms with Gasteiger partial charge in [-0.3, -0.25) is 14.4 Å². The molecule has 178 valence electrons. The first-order chi connectivity index (χ1) is 14.7. The Morgan fingerprint density at radius 2 is 1.41 bits per heavy atom. The van der Waals surface area contributed by atoms with Crippen LogP contribution in [0.3, 0.4) is 0 Å². The fourth-order valence-corrected chi connectivity index (χ4v) is 7.45. The molecule has 1 rings (SSSR count). The zero-order valence-corrected chi connectivity index (χ0v) is 23.8. The Morgan fingerprint density at radius 1 is 0.906 bits per heavy atom. The third-order valence-electron chi connectivity index (χ3n) is 4.45. The number of hydrogen-bond acceptors (Lipinski definition) is 8. The summed E-state index contributed by atoms with van der Waals surface area (Å²) < 4.78 is 0.981. The Bertz CT molecular complexity index is 927. The Kier molecular flexibility index (Phi) is 11.2. The molecule has 11 nitrogen and oxygen atoms in total. The first-order valence-electron chi connectivity index (χ1n) is 8.83. The molecular weight excluding hydrogens is 767 g/mol. The lowest BCUT2D eigenvalue weighted by Crippen LogP contribution is -2.52. The maximum atomic E-state index is 12.9. The number of aldehydes is 1. The van der Waals surface area contributed by atoms with E-state index in [1.165, 1.54) is 33.1 Å². The van der Waals surface area contributed by atoms with Crippen molar-refractivity contribution in [1.29, 1.82) is 0 Å². The number of benzene rings is 1. The zero-order valence-electron chi connectivity index (χ0n) is 17.3. The number of aliphatic hydroxyl groups is 4. The maximum Gasteiger partial charge on any atom is 0.258 e. The van der Waals surface area contributed by atoms with Crippen LogP contribution in [-0.2, 0) is 9.59 Å². The number of likely N-dealkylation sites (N-methyl/N-ethyl adjacent to an activating group) is 1. The quantitative estimate of drug-likeness (QED) is 0.168. The van der Waals surface area contributed by atoms with E-state index in [9.17, 15) is 39.6 Å². The Morgan fingerprint density at radius 3 is 1.84 bits per heavy atom. The number of rotatable bonds is 8. The normalized spacial score (nSPS) is 14.7. The highest BCUT2D eigenvalue weighted by molar-refractivity contribution is 14.1. The summed E-state index contributed by atoms with van der Waals surface area (Å²) >= 11 is 5.56. The molecule has 0 radical (unpaired) electrons. The van der Waals surface area contributed by atoms with Gasteiger partial charge in [0.2, 0.25) is 0 Å². The largest absolute Gasteiger partial charge is 0.387 e. The molecule has 4 atom stereocenters. The number of hydrogen-bond donors (Lipinski definition) is 5. The number of halogens is 3. The van der Waals surface area contributed by atoms with E-state index in [1.54, 1.807) is 0 Å². The van der Waals surface area contributed by atoms with Crippen molar-refractivity contribution < 1.29 is 39.6 Å². The second-order valence-corrected chi connectivity index (χ2v) is 10.0. The Labute approximate surface area is 224 Å². The summed E-state index contributed by atoms with van der Waals surface area (Å²) in [4.78, 5) is 51.2. The summed E-state index contributed by atoms with van der Waals surface area (Å²) in [5.41, 5.74) is 0.425. The van der Waals surface area contributed by atoms with Crippen LogP contribution in [0.4, 0.5) is 5.69 Å². The van der Waals surface area contributed by atoms with Crippen LogP contribution in [-0.4, -0.2) is 102 Å². The van der Waals surface area contributed by atoms with Gasteiger partial charge in [-0.05, 0) is 67.8 Å². The molecule has 0 bridgehead atoms. The number of amides is 3. The highest BCUT2D eigenvalue weighted by Crippen LogP contribution is 2.38. The number of carbonyl (C=O) groups is 4. The lowest BCUT2D eigenvalue weighted by molar-refractivity contribution is -0.147. The lowest BCUT2D eigenvalue weighted by Gasteiger charge is -2.29. The van der Waals surface area contributed by atoms with Gasteiger partial charge in [-0.25, -0.2) is 0 Å². The first-order valence-corrected chi connectivity index (χ1v) is 12.1. The molecule has 1 aromatic rings. The van der Waals surface area contributed by atoms with E-state index in [4.69, 9.17) is 0 Å². The fraction of sp³-hybridized carbons (Fsp3) is 0.444. The highest BCUT2D eigenvalue weighted by Gasteiger charge is 2.38. The van der Waals surface area contributed by atoms with Gasteiger partial charge in [0.1, 0.15) is 18.3 Å². The molecule has 0 spiro atoms. The number of nitrogens with one attached hydrogen (secondary N) is 1. The molecule has 0 fully saturated rings. The molecule has 32 heavy (non-hydrogen) atoms. The topological polar surface area (TPSA) is 168 Å². The number of anilines is 1. The van der Waals surface area contributed by atoms with Crippen molar-refractivity contribution >= 4 is 97.5 Å². The van der Waals surface area contributed by atoms with E-state index >= 15 is 0 Å². The van der Waals surface area contributed by atoms with Crippen LogP contribution >= 0.6 is 67.8 Å². The van der Waals surface area contributed by atoms with Gasteiger partial charge in [-0.2, -0.15) is 0 Å². The average molecular weight is 789 g/mol. The summed E-state index contributed by atoms with van der Waals surface area (Å²) in [5.74, 6) is -2.03. The Hall–Kier alpha value is -0.670. The molecule has 3 amide bonds. The van der Waals surface area contributed by atoms with Gasteiger partial charge in [0.25, 0.3) is 17.7 Å². The van der Waals surface area contributed by atoms with Crippen molar-refractivity contribution in [3.8, 4) is 0 Å². The number of aliphatic hydroxyl groups excluding tert-OH is 4. The van der Waals surface area contributed by atoms with Gasteiger partial charge in [-0.1, -0.05) is 0 Å². The minimum atomic E-state index is -2.22. The molecule has 0 heterocycles. The van der Waals surface area contributed by atoms with E-state index in [2.05, 4.69) is 5.32 Å². The summed E-state index contributed by atoms with van der Waals surface area (Å²) in [5, 5.41) is 41.9. The van der Waals surface area contributed by atoms with Crippen molar-refractivity contribution in [1.82, 2.24) is 10.2 Å². The van der Waals surface area contributed by atoms with Gasteiger partial charge < -0.3 is 40.3 Å². The number of nitrogens with zero attached hydrogens (tertiary/aromatic N) is 2. The van der Waals surface area contributed by atoms with Crippen LogP contribution < -0.4 is 10.2 Å². The predicted octanol–water partition coefficient (Wildman–Crippen LogP) is -0.833. The summed E-state index contributed by atoms with van der Waals surface area (Å²) in [7, 11) is 5.72. The number of carbonyl (C=O) groups excluding carboxylic acids is 4. The molecule has 0 aliphatic rings. The second kappa shape index (κ2) is 12.2. The fourth-order valence-electron chi connectivity index (χ4n) is 2.61. The van der Waals surface area contributed by atoms with E-state index in [1.807, 2.05) is 67.8 Å². The molecule has 5 N–H and O–H groups in total. The molecule has 0 aromatic heterocycles. The van der Waals surface area contributed by atoms with Gasteiger partial charge in [-0.15, -0.1) is 0 Å². The predicted molar refractivity (Wildman–Crippen MR) is 140 cm³/mol. The first kappa shape index (κ1) is 29.4. The van der Waals surface area contributed by atoms with E-state index < -0.39 is 42.1 Å². The summed E-state index contributed by atoms with van der Waals surface area (Å²) in [6, 6.07) is 0. The van der Waals surface area contributed by atoms with Crippen LogP contribution in [0.1, 0.15) is 20.7 Å². The molecule has 0 aliphatic heterocycles. The van der Waals surface area contributed by atoms with E-state index in [-0.39, 0.29) is 23.1 Å². The van der Waals surface area contributed by atoms with Crippen molar-refractivity contribution in [3.63, 3.8) is 0 Å². The minimum absolute atomic E-state index is 0.0470. The van der Waals surface area contributed by atoms with Crippen molar-refractivity contribution in [2.45, 2.75) is 24.4 Å². The molecule has 0 saturated heterocycles. The highest BCUT2D eigenvalue weighted by atomic mass is 127. The third-order valence-corrected chi connectivity index (χ3v) is 7.63. The Balaban J connectivity index is 3.67. The standard InChI is InChI=1S/C18H22I3N3O8/c1-22-16(30)7-9(19)8(17(31)23(2)3)11(21)12(10(7)20)24(4)18(32)15(29)14(28)13(27)6(26)5-25/h5-6,13-15,26-29H,1-4H3,(H,22,30)/t6-,13+,14+,15-/m0/s1. The molecule has 1 aromatic carbocycles. The van der Waals surface area contributed by atoms with Crippen LogP contribution in [0, 0.1) is 10.7 Å². The van der Waals surface area contributed by atoms with Gasteiger partial charge >= 0.3 is 0 Å². The SMILES string of the molecule is CNC(=O)c1c(I)c(C(=O)N(C)C)c(I)c(N(C)C(=O)[C@@H](O)[C@H](O)[C@H](O)[C@@H](O)C=O)c1I. The van der Waals surface area contributed by atoms with E-state index in [0.717, 1.165) is 4.90 Å². The molecular formula is C18H22I3N3O8. The van der Waals surface area contributed by atoms with Crippen LogP contribution in [0.25, 0.3) is 0 Å². The van der Waals surface area contributed by atoms with E-state index in [0.29, 0.717) is 10.7 Å². The molecule has 0 saturated carbocycles. The second-order valence-electron chi connectivity index (χ2n) is 6.77.